The van der Waals surface area contributed by atoms with E-state index in [1.165, 1.54) is 12.1 Å². The fraction of sp³-hybridized carbons (Fsp3) is 0.571. The van der Waals surface area contributed by atoms with Gasteiger partial charge in [0.2, 0.25) is 0 Å². The van der Waals surface area contributed by atoms with Gasteiger partial charge < -0.3 is 9.47 Å². The molecule has 0 atom stereocenters. The van der Waals surface area contributed by atoms with Crippen molar-refractivity contribution in [3.05, 3.63) is 30.1 Å². The lowest BCUT2D eigenvalue weighted by Crippen LogP contribution is -1.98. The average molecular weight is 240 g/mol. The normalized spacial score (nSPS) is 10.5. The fourth-order valence-corrected chi connectivity index (χ4v) is 1.55. The van der Waals surface area contributed by atoms with Crippen molar-refractivity contribution in [2.24, 2.45) is 0 Å². The van der Waals surface area contributed by atoms with Crippen molar-refractivity contribution >= 4 is 0 Å². The minimum absolute atomic E-state index is 0.251. The zero-order valence-electron chi connectivity index (χ0n) is 10.5. The van der Waals surface area contributed by atoms with Crippen LogP contribution in [0.5, 0.6) is 5.75 Å². The number of hydrogen-bond acceptors (Lipinski definition) is 2. The van der Waals surface area contributed by atoms with Gasteiger partial charge >= 0.3 is 0 Å². The molecule has 0 spiro atoms. The smallest absolute Gasteiger partial charge is 0.126 e. The summed E-state index contributed by atoms with van der Waals surface area (Å²) in [5, 5.41) is 0. The van der Waals surface area contributed by atoms with E-state index in [2.05, 4.69) is 0 Å². The number of rotatable bonds is 9. The molecule has 0 N–H and O–H groups in total. The van der Waals surface area contributed by atoms with Crippen molar-refractivity contribution in [1.82, 2.24) is 0 Å². The Bertz CT molecular complexity index is 302. The molecule has 1 aromatic rings. The molecule has 0 radical (unpaired) electrons. The molecular weight excluding hydrogens is 219 g/mol. The highest BCUT2D eigenvalue weighted by molar-refractivity contribution is 5.22. The Morgan fingerprint density at radius 2 is 1.82 bits per heavy atom. The second-order valence-electron chi connectivity index (χ2n) is 3.92. The second-order valence-corrected chi connectivity index (χ2v) is 3.92. The van der Waals surface area contributed by atoms with Crippen molar-refractivity contribution in [1.29, 1.82) is 0 Å². The van der Waals surface area contributed by atoms with E-state index in [9.17, 15) is 4.39 Å². The molecule has 0 aliphatic heterocycles. The molecule has 0 saturated carbocycles. The predicted molar refractivity (Wildman–Crippen MR) is 66.9 cm³/mol. The topological polar surface area (TPSA) is 18.5 Å². The molecule has 3 heteroatoms. The van der Waals surface area contributed by atoms with Crippen LogP contribution in [0.25, 0.3) is 0 Å². The highest BCUT2D eigenvalue weighted by Crippen LogP contribution is 2.12. The van der Waals surface area contributed by atoms with Crippen molar-refractivity contribution < 1.29 is 13.9 Å². The predicted octanol–water partition coefficient (Wildman–Crippen LogP) is 3.80. The van der Waals surface area contributed by atoms with Gasteiger partial charge in [0.15, 0.2) is 0 Å². The summed E-state index contributed by atoms with van der Waals surface area (Å²) in [6, 6.07) is 6.26. The Labute approximate surface area is 103 Å². The van der Waals surface area contributed by atoms with Gasteiger partial charge in [-0.25, -0.2) is 4.39 Å². The molecule has 0 heterocycles. The molecule has 0 aromatic heterocycles. The first kappa shape index (κ1) is 14.0. The Morgan fingerprint density at radius 1 is 1.06 bits per heavy atom. The van der Waals surface area contributed by atoms with E-state index in [0.29, 0.717) is 12.4 Å². The van der Waals surface area contributed by atoms with Crippen LogP contribution in [-0.2, 0) is 4.74 Å². The van der Waals surface area contributed by atoms with Gasteiger partial charge in [-0.1, -0.05) is 12.5 Å². The monoisotopic (exact) mass is 240 g/mol. The lowest BCUT2D eigenvalue weighted by molar-refractivity contribution is 0.142. The molecule has 0 fully saturated rings. The molecule has 0 amide bonds. The minimum Gasteiger partial charge on any atom is -0.493 e. The van der Waals surface area contributed by atoms with Gasteiger partial charge in [0.05, 0.1) is 6.61 Å². The summed E-state index contributed by atoms with van der Waals surface area (Å²) in [7, 11) is 0. The molecule has 0 saturated heterocycles. The molecule has 2 nitrogen and oxygen atoms in total. The van der Waals surface area contributed by atoms with Crippen LogP contribution in [0.1, 0.15) is 32.6 Å². The molecule has 96 valence electrons. The Kier molecular flexibility index (Phi) is 7.39. The lowest BCUT2D eigenvalue weighted by Gasteiger charge is -2.06. The summed E-state index contributed by atoms with van der Waals surface area (Å²) in [4.78, 5) is 0. The Balaban J connectivity index is 1.97. The van der Waals surface area contributed by atoms with E-state index in [1.807, 2.05) is 6.92 Å². The molecule has 1 aromatic carbocycles. The van der Waals surface area contributed by atoms with Crippen LogP contribution in [0.2, 0.25) is 0 Å². The first-order valence-electron chi connectivity index (χ1n) is 6.29. The van der Waals surface area contributed by atoms with E-state index in [-0.39, 0.29) is 5.82 Å². The van der Waals surface area contributed by atoms with Gasteiger partial charge in [-0.2, -0.15) is 0 Å². The van der Waals surface area contributed by atoms with Crippen LogP contribution in [0.4, 0.5) is 4.39 Å². The van der Waals surface area contributed by atoms with Gasteiger partial charge in [0.25, 0.3) is 0 Å². The van der Waals surface area contributed by atoms with E-state index in [0.717, 1.165) is 38.9 Å². The van der Waals surface area contributed by atoms with Crippen LogP contribution < -0.4 is 4.74 Å². The van der Waals surface area contributed by atoms with Crippen LogP contribution in [0, 0.1) is 5.82 Å². The van der Waals surface area contributed by atoms with Gasteiger partial charge in [-0.3, -0.25) is 0 Å². The lowest BCUT2D eigenvalue weighted by atomic mass is 10.2. The van der Waals surface area contributed by atoms with Crippen LogP contribution in [0.15, 0.2) is 24.3 Å². The first-order chi connectivity index (χ1) is 8.33. The highest BCUT2D eigenvalue weighted by Gasteiger charge is 1.96. The van der Waals surface area contributed by atoms with Crippen molar-refractivity contribution in [2.45, 2.75) is 32.6 Å². The van der Waals surface area contributed by atoms with E-state index in [4.69, 9.17) is 9.47 Å². The van der Waals surface area contributed by atoms with E-state index >= 15 is 0 Å². The molecule has 0 aliphatic carbocycles. The Morgan fingerprint density at radius 3 is 2.53 bits per heavy atom. The molecule has 17 heavy (non-hydrogen) atoms. The van der Waals surface area contributed by atoms with Gasteiger partial charge in [0, 0.05) is 19.3 Å². The van der Waals surface area contributed by atoms with Crippen LogP contribution in [0.3, 0.4) is 0 Å². The third kappa shape index (κ3) is 6.95. The summed E-state index contributed by atoms with van der Waals surface area (Å²) in [6.07, 6.45) is 4.39. The fourth-order valence-electron chi connectivity index (χ4n) is 1.55. The highest BCUT2D eigenvalue weighted by atomic mass is 19.1. The van der Waals surface area contributed by atoms with E-state index < -0.39 is 0 Å². The number of hydrogen-bond donors (Lipinski definition) is 0. The van der Waals surface area contributed by atoms with Crippen LogP contribution in [-0.4, -0.2) is 19.8 Å². The molecule has 0 unspecified atom stereocenters. The summed E-state index contributed by atoms with van der Waals surface area (Å²) < 4.78 is 23.5. The minimum atomic E-state index is -0.251. The van der Waals surface area contributed by atoms with Gasteiger partial charge in [0.1, 0.15) is 11.6 Å². The van der Waals surface area contributed by atoms with Gasteiger partial charge in [-0.15, -0.1) is 0 Å². The number of halogens is 1. The van der Waals surface area contributed by atoms with Gasteiger partial charge in [-0.05, 0) is 38.3 Å². The maximum absolute atomic E-state index is 12.8. The zero-order chi connectivity index (χ0) is 12.3. The standard InChI is InChI=1S/C14H21FO2/c1-2-16-10-5-3-4-6-11-17-14-9-7-8-13(15)12-14/h7-9,12H,2-6,10-11H2,1H3. The van der Waals surface area contributed by atoms with Crippen molar-refractivity contribution in [2.75, 3.05) is 19.8 Å². The van der Waals surface area contributed by atoms with Crippen molar-refractivity contribution in [3.8, 4) is 5.75 Å². The largest absolute Gasteiger partial charge is 0.493 e. The summed E-state index contributed by atoms with van der Waals surface area (Å²) in [5.74, 6) is 0.360. The number of unbranched alkanes of at least 4 members (excludes halogenated alkanes) is 3. The number of ether oxygens (including phenoxy) is 2. The summed E-state index contributed by atoms with van der Waals surface area (Å²) >= 11 is 0. The zero-order valence-corrected chi connectivity index (χ0v) is 10.5. The summed E-state index contributed by atoms with van der Waals surface area (Å²) in [5.41, 5.74) is 0. The second kappa shape index (κ2) is 8.99. The summed E-state index contributed by atoms with van der Waals surface area (Å²) in [6.45, 7) is 4.30. The van der Waals surface area contributed by atoms with Crippen molar-refractivity contribution in [3.63, 3.8) is 0 Å². The molecular formula is C14H21FO2. The van der Waals surface area contributed by atoms with E-state index in [1.54, 1.807) is 12.1 Å². The maximum atomic E-state index is 12.8. The molecule has 1 rings (SSSR count). The quantitative estimate of drug-likeness (QED) is 0.611. The molecule has 0 bridgehead atoms. The maximum Gasteiger partial charge on any atom is 0.126 e. The third-order valence-corrected chi connectivity index (χ3v) is 2.45. The molecule has 0 aliphatic rings. The average Bonchev–Trinajstić information content (AvgIpc) is 2.33. The number of benzene rings is 1. The first-order valence-corrected chi connectivity index (χ1v) is 6.29. The Hall–Kier alpha value is -1.09. The SMILES string of the molecule is CCOCCCCCCOc1cccc(F)c1. The van der Waals surface area contributed by atoms with Crippen LogP contribution >= 0.6 is 0 Å². The third-order valence-electron chi connectivity index (χ3n) is 2.45.